The van der Waals surface area contributed by atoms with E-state index in [2.05, 4.69) is 46.8 Å². The number of carbonyl (C=O) groups is 1. The van der Waals surface area contributed by atoms with E-state index in [0.29, 0.717) is 19.0 Å². The van der Waals surface area contributed by atoms with E-state index in [1.165, 1.54) is 41.6 Å². The molecule has 0 saturated carbocycles. The monoisotopic (exact) mass is 430 g/mol. The van der Waals surface area contributed by atoms with Gasteiger partial charge in [-0.1, -0.05) is 19.9 Å². The van der Waals surface area contributed by atoms with E-state index in [4.69, 9.17) is 4.99 Å². The molecule has 0 unspecified atom stereocenters. The summed E-state index contributed by atoms with van der Waals surface area (Å²) in [6.07, 6.45) is 5.91. The number of nitrogens with zero attached hydrogens (tertiary/aromatic N) is 4. The van der Waals surface area contributed by atoms with Crippen molar-refractivity contribution in [3.05, 3.63) is 64.0 Å². The molecule has 4 heterocycles. The number of piperidine rings is 1. The van der Waals surface area contributed by atoms with E-state index in [0.717, 1.165) is 48.9 Å². The molecule has 3 aliphatic rings. The minimum absolute atomic E-state index is 0.289. The fourth-order valence-electron chi connectivity index (χ4n) is 5.39. The largest absolute Gasteiger partial charge is 0.334 e. The van der Waals surface area contributed by atoms with Gasteiger partial charge in [0.25, 0.3) is 0 Å². The van der Waals surface area contributed by atoms with Crippen LogP contribution in [0.4, 0.5) is 0 Å². The molecule has 1 amide bonds. The van der Waals surface area contributed by atoms with Crippen molar-refractivity contribution in [2.45, 2.75) is 65.6 Å². The Morgan fingerprint density at radius 2 is 2.03 bits per heavy atom. The second kappa shape index (κ2) is 8.78. The Bertz CT molecular complexity index is 1060. The molecule has 1 aromatic heterocycles. The maximum atomic E-state index is 13.1. The molecule has 0 N–H and O–H groups in total. The van der Waals surface area contributed by atoms with Crippen LogP contribution in [0.3, 0.4) is 0 Å². The summed E-state index contributed by atoms with van der Waals surface area (Å²) in [5, 5.41) is 0. The van der Waals surface area contributed by atoms with Crippen molar-refractivity contribution in [1.82, 2.24) is 14.8 Å². The maximum absolute atomic E-state index is 13.1. The van der Waals surface area contributed by atoms with Gasteiger partial charge in [0.05, 0.1) is 18.7 Å². The lowest BCUT2D eigenvalue weighted by Crippen LogP contribution is -2.51. The predicted molar refractivity (Wildman–Crippen MR) is 128 cm³/mol. The van der Waals surface area contributed by atoms with Crippen molar-refractivity contribution in [1.29, 1.82) is 0 Å². The molecule has 1 fully saturated rings. The van der Waals surface area contributed by atoms with Crippen molar-refractivity contribution >= 4 is 11.6 Å². The Kier molecular flexibility index (Phi) is 5.85. The van der Waals surface area contributed by atoms with E-state index in [1.807, 2.05) is 19.2 Å². The molecule has 5 nitrogen and oxygen atoms in total. The van der Waals surface area contributed by atoms with Crippen molar-refractivity contribution in [3.63, 3.8) is 0 Å². The van der Waals surface area contributed by atoms with Gasteiger partial charge in [0.2, 0.25) is 5.91 Å². The van der Waals surface area contributed by atoms with Crippen LogP contribution < -0.4 is 0 Å². The molecular formula is C27H34N4O. The first-order chi connectivity index (χ1) is 15.5. The number of pyridine rings is 1. The fourth-order valence-corrected chi connectivity index (χ4v) is 5.39. The van der Waals surface area contributed by atoms with Crippen LogP contribution in [0.5, 0.6) is 0 Å². The molecule has 5 heteroatoms. The molecule has 3 aliphatic heterocycles. The van der Waals surface area contributed by atoms with Crippen LogP contribution in [-0.4, -0.2) is 52.1 Å². The highest BCUT2D eigenvalue weighted by atomic mass is 16.2. The van der Waals surface area contributed by atoms with Crippen LogP contribution in [0.25, 0.3) is 0 Å². The summed E-state index contributed by atoms with van der Waals surface area (Å²) >= 11 is 0. The molecule has 0 radical (unpaired) electrons. The molecule has 32 heavy (non-hydrogen) atoms. The number of hydrogen-bond acceptors (Lipinski definition) is 4. The highest BCUT2D eigenvalue weighted by Gasteiger charge is 2.33. The number of hydrogen-bond donors (Lipinski definition) is 0. The lowest BCUT2D eigenvalue weighted by Gasteiger charge is -2.41. The smallest absolute Gasteiger partial charge is 0.227 e. The molecule has 1 atom stereocenters. The summed E-state index contributed by atoms with van der Waals surface area (Å²) in [5.74, 6) is 1.01. The van der Waals surface area contributed by atoms with Gasteiger partial charge in [-0.15, -0.1) is 0 Å². The van der Waals surface area contributed by atoms with Gasteiger partial charge in [-0.05, 0) is 80.1 Å². The van der Waals surface area contributed by atoms with Crippen molar-refractivity contribution in [2.75, 3.05) is 19.6 Å². The number of aryl methyl sites for hydroxylation is 1. The lowest BCUT2D eigenvalue weighted by molar-refractivity contribution is -0.135. The zero-order valence-corrected chi connectivity index (χ0v) is 19.6. The topological polar surface area (TPSA) is 48.8 Å². The Morgan fingerprint density at radius 3 is 2.84 bits per heavy atom. The summed E-state index contributed by atoms with van der Waals surface area (Å²) in [7, 11) is 0. The third-order valence-electron chi connectivity index (χ3n) is 7.20. The maximum Gasteiger partial charge on any atom is 0.227 e. The van der Waals surface area contributed by atoms with Gasteiger partial charge >= 0.3 is 0 Å². The molecule has 1 aromatic carbocycles. The van der Waals surface area contributed by atoms with Crippen molar-refractivity contribution in [3.8, 4) is 0 Å². The van der Waals surface area contributed by atoms with E-state index in [1.54, 1.807) is 0 Å². The van der Waals surface area contributed by atoms with Gasteiger partial charge < -0.3 is 9.80 Å². The minimum Gasteiger partial charge on any atom is -0.334 e. The number of rotatable bonds is 5. The Balaban J connectivity index is 1.36. The number of amides is 1. The third kappa shape index (κ3) is 4.23. The quantitative estimate of drug-likeness (QED) is 0.716. The molecule has 0 spiro atoms. The number of aromatic nitrogens is 1. The first kappa shape index (κ1) is 21.3. The van der Waals surface area contributed by atoms with Gasteiger partial charge in [0.1, 0.15) is 0 Å². The number of aliphatic imine (C=N–C) groups is 1. The second-order valence-corrected chi connectivity index (χ2v) is 10.1. The Morgan fingerprint density at radius 1 is 1.16 bits per heavy atom. The predicted octanol–water partition coefficient (Wildman–Crippen LogP) is 4.14. The highest BCUT2D eigenvalue weighted by molar-refractivity contribution is 6.15. The lowest BCUT2D eigenvalue weighted by atomic mass is 9.90. The molecule has 0 aliphatic carbocycles. The standard InChI is InChI=1S/C27H34N4O/c1-18(2)7-10-30-9-4-5-24(17-30)31-16-23-13-25-22(12-21(23)14-26(31)32)15-29-27(25)20-6-8-28-19(3)11-20/h6,8,11-13,18,24H,4-5,7,9-10,14-17H2,1-3H3/t24-/m1/s1. The second-order valence-electron chi connectivity index (χ2n) is 10.1. The number of benzene rings is 1. The first-order valence-electron chi connectivity index (χ1n) is 12.1. The number of likely N-dealkylation sites (tertiary alicyclic amines) is 1. The molecule has 1 saturated heterocycles. The summed E-state index contributed by atoms with van der Waals surface area (Å²) in [6, 6.07) is 9.03. The van der Waals surface area contributed by atoms with Crippen LogP contribution in [0.2, 0.25) is 0 Å². The van der Waals surface area contributed by atoms with Crippen LogP contribution in [0.15, 0.2) is 35.5 Å². The zero-order chi connectivity index (χ0) is 22.2. The SMILES string of the molecule is Cc1cc(C2=NCc3cc4c(cc32)CN([C@@H]2CCCN(CCC(C)C)C2)C(=O)C4)ccn1. The molecule has 5 rings (SSSR count). The highest BCUT2D eigenvalue weighted by Crippen LogP contribution is 2.31. The summed E-state index contributed by atoms with van der Waals surface area (Å²) < 4.78 is 0. The van der Waals surface area contributed by atoms with Gasteiger partial charge in [-0.3, -0.25) is 14.8 Å². The normalized spacial score (nSPS) is 21.0. The Labute approximate surface area is 191 Å². The average molecular weight is 431 g/mol. The molecule has 0 bridgehead atoms. The van der Waals surface area contributed by atoms with Gasteiger partial charge in [0, 0.05) is 42.1 Å². The summed E-state index contributed by atoms with van der Waals surface area (Å²) in [5.41, 5.74) is 8.16. The van der Waals surface area contributed by atoms with E-state index in [9.17, 15) is 4.79 Å². The molecule has 168 valence electrons. The third-order valence-corrected chi connectivity index (χ3v) is 7.20. The number of carbonyl (C=O) groups excluding carboxylic acids is 1. The van der Waals surface area contributed by atoms with Crippen LogP contribution in [-0.2, 0) is 24.3 Å². The Hall–Kier alpha value is -2.53. The van der Waals surface area contributed by atoms with E-state index >= 15 is 0 Å². The average Bonchev–Trinajstić information content (AvgIpc) is 3.18. The fraction of sp³-hybridized carbons (Fsp3) is 0.519. The summed E-state index contributed by atoms with van der Waals surface area (Å²) in [6.45, 7) is 11.3. The van der Waals surface area contributed by atoms with Crippen molar-refractivity contribution in [2.24, 2.45) is 10.9 Å². The first-order valence-corrected chi connectivity index (χ1v) is 12.1. The van der Waals surface area contributed by atoms with Crippen LogP contribution >= 0.6 is 0 Å². The molecule has 2 aromatic rings. The summed E-state index contributed by atoms with van der Waals surface area (Å²) in [4.78, 5) is 27.0. The van der Waals surface area contributed by atoms with Crippen LogP contribution in [0.1, 0.15) is 66.6 Å². The van der Waals surface area contributed by atoms with E-state index < -0.39 is 0 Å². The molecular weight excluding hydrogens is 396 g/mol. The van der Waals surface area contributed by atoms with Gasteiger partial charge in [-0.25, -0.2) is 0 Å². The van der Waals surface area contributed by atoms with Gasteiger partial charge in [-0.2, -0.15) is 0 Å². The zero-order valence-electron chi connectivity index (χ0n) is 19.6. The number of fused-ring (bicyclic) bond motifs is 2. The minimum atomic E-state index is 0.289. The van der Waals surface area contributed by atoms with Gasteiger partial charge in [0.15, 0.2) is 0 Å². The van der Waals surface area contributed by atoms with Crippen LogP contribution in [0, 0.1) is 12.8 Å². The van der Waals surface area contributed by atoms with Crippen molar-refractivity contribution < 1.29 is 4.79 Å². The van der Waals surface area contributed by atoms with E-state index in [-0.39, 0.29) is 5.91 Å².